The molecule has 0 N–H and O–H groups in total. The quantitative estimate of drug-likeness (QED) is 0.314. The molecular weight excluding hydrogens is 186 g/mol. The molecule has 0 saturated heterocycles. The molecule has 1 heterocycles. The van der Waals surface area contributed by atoms with Gasteiger partial charge in [0.25, 0.3) is 0 Å². The standard InChI is InChI=1S/C8H7N3OS/c9-11-10-4-1-2-7-3-5-13-8(7)6-12/h1-3,5-6H,4H2. The second kappa shape index (κ2) is 5.13. The van der Waals surface area contributed by atoms with E-state index in [0.717, 1.165) is 11.8 Å². The van der Waals surface area contributed by atoms with Gasteiger partial charge >= 0.3 is 0 Å². The molecule has 0 amide bonds. The van der Waals surface area contributed by atoms with Gasteiger partial charge in [0.2, 0.25) is 0 Å². The van der Waals surface area contributed by atoms with Crippen LogP contribution >= 0.6 is 11.3 Å². The summed E-state index contributed by atoms with van der Waals surface area (Å²) in [5.74, 6) is 0. The van der Waals surface area contributed by atoms with Crippen molar-refractivity contribution in [1.82, 2.24) is 0 Å². The molecule has 1 aromatic rings. The lowest BCUT2D eigenvalue weighted by molar-refractivity contribution is 0.112. The van der Waals surface area contributed by atoms with Crippen LogP contribution in [0.5, 0.6) is 0 Å². The van der Waals surface area contributed by atoms with Crippen LogP contribution < -0.4 is 0 Å². The van der Waals surface area contributed by atoms with Crippen LogP contribution in [-0.2, 0) is 0 Å². The summed E-state index contributed by atoms with van der Waals surface area (Å²) >= 11 is 1.39. The Bertz CT molecular complexity index is 363. The van der Waals surface area contributed by atoms with E-state index in [1.165, 1.54) is 11.3 Å². The fourth-order valence-corrected chi connectivity index (χ4v) is 1.52. The van der Waals surface area contributed by atoms with Crippen molar-refractivity contribution >= 4 is 23.7 Å². The second-order valence-electron chi connectivity index (χ2n) is 2.17. The van der Waals surface area contributed by atoms with Gasteiger partial charge in [-0.15, -0.1) is 11.3 Å². The van der Waals surface area contributed by atoms with E-state index in [0.29, 0.717) is 11.4 Å². The van der Waals surface area contributed by atoms with E-state index in [1.54, 1.807) is 12.2 Å². The topological polar surface area (TPSA) is 65.8 Å². The molecule has 0 radical (unpaired) electrons. The number of hydrogen-bond donors (Lipinski definition) is 0. The maximum atomic E-state index is 10.5. The Morgan fingerprint density at radius 2 is 2.54 bits per heavy atom. The van der Waals surface area contributed by atoms with Crippen LogP contribution in [0.3, 0.4) is 0 Å². The zero-order chi connectivity index (χ0) is 9.52. The van der Waals surface area contributed by atoms with Gasteiger partial charge in [-0.3, -0.25) is 4.79 Å². The summed E-state index contributed by atoms with van der Waals surface area (Å²) in [7, 11) is 0. The number of hydrogen-bond acceptors (Lipinski definition) is 3. The van der Waals surface area contributed by atoms with Crippen LogP contribution in [0.2, 0.25) is 0 Å². The van der Waals surface area contributed by atoms with Gasteiger partial charge in [-0.25, -0.2) is 0 Å². The summed E-state index contributed by atoms with van der Waals surface area (Å²) in [6, 6.07) is 1.85. The van der Waals surface area contributed by atoms with Crippen molar-refractivity contribution in [2.24, 2.45) is 5.11 Å². The van der Waals surface area contributed by atoms with Gasteiger partial charge in [-0.05, 0) is 22.5 Å². The Kier molecular flexibility index (Phi) is 3.75. The summed E-state index contributed by atoms with van der Waals surface area (Å²) in [6.07, 6.45) is 4.31. The molecule has 0 aromatic carbocycles. The van der Waals surface area contributed by atoms with Crippen molar-refractivity contribution in [2.75, 3.05) is 6.54 Å². The molecule has 0 aliphatic rings. The van der Waals surface area contributed by atoms with Crippen LogP contribution in [0, 0.1) is 0 Å². The molecule has 1 aromatic heterocycles. The summed E-state index contributed by atoms with van der Waals surface area (Å²) in [5.41, 5.74) is 8.86. The van der Waals surface area contributed by atoms with Gasteiger partial charge < -0.3 is 0 Å². The Morgan fingerprint density at radius 3 is 3.23 bits per heavy atom. The summed E-state index contributed by atoms with van der Waals surface area (Å²) in [5, 5.41) is 5.18. The average molecular weight is 193 g/mol. The monoisotopic (exact) mass is 193 g/mol. The van der Waals surface area contributed by atoms with Crippen LogP contribution in [-0.4, -0.2) is 12.8 Å². The third kappa shape index (κ3) is 2.74. The van der Waals surface area contributed by atoms with Crippen molar-refractivity contribution in [3.63, 3.8) is 0 Å². The minimum absolute atomic E-state index is 0.310. The van der Waals surface area contributed by atoms with E-state index < -0.39 is 0 Å². The number of rotatable bonds is 4. The Labute approximate surface area is 79.1 Å². The highest BCUT2D eigenvalue weighted by molar-refractivity contribution is 7.11. The van der Waals surface area contributed by atoms with Crippen LogP contribution in [0.4, 0.5) is 0 Å². The van der Waals surface area contributed by atoms with Crippen molar-refractivity contribution in [3.8, 4) is 0 Å². The number of thiophene rings is 1. The predicted octanol–water partition coefficient (Wildman–Crippen LogP) is 2.88. The first-order valence-electron chi connectivity index (χ1n) is 3.58. The van der Waals surface area contributed by atoms with E-state index in [1.807, 2.05) is 11.4 Å². The minimum Gasteiger partial charge on any atom is -0.297 e. The number of carbonyl (C=O) groups is 1. The first-order valence-corrected chi connectivity index (χ1v) is 4.46. The second-order valence-corrected chi connectivity index (χ2v) is 3.12. The lowest BCUT2D eigenvalue weighted by Gasteiger charge is -1.86. The molecule has 0 saturated carbocycles. The minimum atomic E-state index is 0.310. The molecule has 0 fully saturated rings. The lowest BCUT2D eigenvalue weighted by atomic mass is 10.2. The number of aldehydes is 1. The molecule has 0 aliphatic heterocycles. The van der Waals surface area contributed by atoms with Gasteiger partial charge in [0, 0.05) is 11.5 Å². The zero-order valence-electron chi connectivity index (χ0n) is 6.75. The molecule has 0 spiro atoms. The molecular formula is C8H7N3OS. The third-order valence-electron chi connectivity index (χ3n) is 1.38. The van der Waals surface area contributed by atoms with E-state index in [9.17, 15) is 4.79 Å². The van der Waals surface area contributed by atoms with Gasteiger partial charge in [-0.2, -0.15) is 0 Å². The molecule has 5 heteroatoms. The highest BCUT2D eigenvalue weighted by atomic mass is 32.1. The fraction of sp³-hybridized carbons (Fsp3) is 0.125. The van der Waals surface area contributed by atoms with Gasteiger partial charge in [-0.1, -0.05) is 17.3 Å². The lowest BCUT2D eigenvalue weighted by Crippen LogP contribution is -1.76. The van der Waals surface area contributed by atoms with Crippen molar-refractivity contribution in [3.05, 3.63) is 38.4 Å². The van der Waals surface area contributed by atoms with E-state index in [-0.39, 0.29) is 0 Å². The molecule has 66 valence electrons. The molecule has 4 nitrogen and oxygen atoms in total. The molecule has 1 rings (SSSR count). The Morgan fingerprint density at radius 1 is 1.69 bits per heavy atom. The summed E-state index contributed by atoms with van der Waals surface area (Å²) < 4.78 is 0. The van der Waals surface area contributed by atoms with Crippen LogP contribution in [0.25, 0.3) is 16.5 Å². The van der Waals surface area contributed by atoms with Gasteiger partial charge in [0.05, 0.1) is 4.88 Å². The van der Waals surface area contributed by atoms with Gasteiger partial charge in [0.15, 0.2) is 6.29 Å². The number of carbonyl (C=O) groups excluding carboxylic acids is 1. The van der Waals surface area contributed by atoms with Crippen LogP contribution in [0.15, 0.2) is 22.6 Å². The molecule has 0 aliphatic carbocycles. The molecule has 13 heavy (non-hydrogen) atoms. The van der Waals surface area contributed by atoms with Crippen LogP contribution in [0.1, 0.15) is 15.2 Å². The van der Waals surface area contributed by atoms with Crippen molar-refractivity contribution in [2.45, 2.75) is 0 Å². The van der Waals surface area contributed by atoms with Crippen molar-refractivity contribution < 1.29 is 4.79 Å². The maximum Gasteiger partial charge on any atom is 0.160 e. The normalized spacial score (nSPS) is 9.85. The van der Waals surface area contributed by atoms with Gasteiger partial charge in [0.1, 0.15) is 0 Å². The molecule has 0 unspecified atom stereocenters. The smallest absolute Gasteiger partial charge is 0.160 e. The maximum absolute atomic E-state index is 10.5. The Balaban J connectivity index is 2.67. The van der Waals surface area contributed by atoms with E-state index >= 15 is 0 Å². The number of nitrogens with zero attached hydrogens (tertiary/aromatic N) is 3. The fourth-order valence-electron chi connectivity index (χ4n) is 0.828. The average Bonchev–Trinajstić information content (AvgIpc) is 2.60. The summed E-state index contributed by atoms with van der Waals surface area (Å²) in [6.45, 7) is 0.310. The van der Waals surface area contributed by atoms with E-state index in [4.69, 9.17) is 5.53 Å². The Hall–Kier alpha value is -1.58. The number of azide groups is 1. The SMILES string of the molecule is [N-]=[N+]=NCC=Cc1ccsc1C=O. The zero-order valence-corrected chi connectivity index (χ0v) is 7.57. The highest BCUT2D eigenvalue weighted by Crippen LogP contribution is 2.15. The van der Waals surface area contributed by atoms with E-state index in [2.05, 4.69) is 10.0 Å². The first-order chi connectivity index (χ1) is 6.38. The predicted molar refractivity (Wildman–Crippen MR) is 52.8 cm³/mol. The molecule has 0 atom stereocenters. The third-order valence-corrected chi connectivity index (χ3v) is 2.24. The highest BCUT2D eigenvalue weighted by Gasteiger charge is 1.97. The van der Waals surface area contributed by atoms with Crippen molar-refractivity contribution in [1.29, 1.82) is 0 Å². The first kappa shape index (κ1) is 9.51. The largest absolute Gasteiger partial charge is 0.297 e. The molecule has 0 bridgehead atoms. The summed E-state index contributed by atoms with van der Waals surface area (Å²) in [4.78, 5) is 13.8.